The Balaban J connectivity index is 1.62. The van der Waals surface area contributed by atoms with Crippen LogP contribution in [0.3, 0.4) is 0 Å². The molecule has 0 unspecified atom stereocenters. The molecular weight excluding hydrogens is 444 g/mol. The van der Waals surface area contributed by atoms with E-state index in [1.54, 1.807) is 6.92 Å². The fraction of sp³-hybridized carbons (Fsp3) is 0.160. The lowest BCUT2D eigenvalue weighted by atomic mass is 9.98. The molecule has 0 saturated carbocycles. The van der Waals surface area contributed by atoms with Crippen molar-refractivity contribution < 1.29 is 23.9 Å². The minimum absolute atomic E-state index is 0.0641. The molecular formula is C25H19ClN2O5. The Kier molecular flexibility index (Phi) is 5.36. The average molecular weight is 463 g/mol. The number of H-pyrrole nitrogens is 1. The Morgan fingerprint density at radius 1 is 1.00 bits per heavy atom. The summed E-state index contributed by atoms with van der Waals surface area (Å²) in [5.41, 5.74) is 1.98. The van der Waals surface area contributed by atoms with E-state index >= 15 is 0 Å². The van der Waals surface area contributed by atoms with Gasteiger partial charge < -0.3 is 14.5 Å². The van der Waals surface area contributed by atoms with E-state index in [0.717, 1.165) is 21.4 Å². The highest BCUT2D eigenvalue weighted by Crippen LogP contribution is 2.42. The first-order chi connectivity index (χ1) is 16.0. The van der Waals surface area contributed by atoms with Crippen molar-refractivity contribution in [3.05, 3.63) is 81.9 Å². The predicted molar refractivity (Wildman–Crippen MR) is 123 cm³/mol. The van der Waals surface area contributed by atoms with Crippen LogP contribution in [0.4, 0.5) is 0 Å². The van der Waals surface area contributed by atoms with Crippen molar-refractivity contribution in [2.75, 3.05) is 13.3 Å². The van der Waals surface area contributed by atoms with Crippen molar-refractivity contribution in [2.45, 2.75) is 13.5 Å². The van der Waals surface area contributed by atoms with Crippen LogP contribution in [-0.2, 0) is 16.1 Å². The zero-order valence-electron chi connectivity index (χ0n) is 17.7. The number of fused-ring (bicyclic) bond motifs is 5. The number of hydrogen-bond donors (Lipinski definition) is 1. The second-order valence-electron chi connectivity index (χ2n) is 7.58. The van der Waals surface area contributed by atoms with Gasteiger partial charge >= 0.3 is 5.97 Å². The quantitative estimate of drug-likeness (QED) is 0.324. The maximum absolute atomic E-state index is 13.4. The Morgan fingerprint density at radius 2 is 1.70 bits per heavy atom. The van der Waals surface area contributed by atoms with Gasteiger partial charge in [0.15, 0.2) is 0 Å². The SMILES string of the molecule is CCOC(=O)c1c2c(c3[nH]c4ccccc4c3c1Cl)C(=O)N(COCc1ccccc1)C2=O. The highest BCUT2D eigenvalue weighted by molar-refractivity contribution is 6.44. The van der Waals surface area contributed by atoms with E-state index in [9.17, 15) is 14.4 Å². The van der Waals surface area contributed by atoms with Gasteiger partial charge in [-0.25, -0.2) is 9.69 Å². The number of amides is 2. The Bertz CT molecular complexity index is 1430. The maximum atomic E-state index is 13.4. The number of esters is 1. The third kappa shape index (κ3) is 3.37. The Hall–Kier alpha value is -3.68. The molecule has 5 rings (SSSR count). The molecule has 0 spiro atoms. The standard InChI is InChI=1S/C25H19ClN2O5/c1-2-33-25(31)19-18-20(22-17(21(19)26)15-10-6-7-11-16(15)27-22)24(30)28(23(18)29)13-32-12-14-8-4-3-5-9-14/h3-11,27H,2,12-13H2,1H3. The monoisotopic (exact) mass is 462 g/mol. The van der Waals surface area contributed by atoms with Crippen LogP contribution in [0.5, 0.6) is 0 Å². The molecule has 0 atom stereocenters. The van der Waals surface area contributed by atoms with Gasteiger partial charge in [0.05, 0.1) is 40.4 Å². The van der Waals surface area contributed by atoms with Gasteiger partial charge in [0.25, 0.3) is 11.8 Å². The molecule has 1 aliphatic heterocycles. The third-order valence-electron chi connectivity index (χ3n) is 5.62. The largest absolute Gasteiger partial charge is 0.462 e. The van der Waals surface area contributed by atoms with Gasteiger partial charge in [-0.2, -0.15) is 0 Å². The molecule has 0 bridgehead atoms. The summed E-state index contributed by atoms with van der Waals surface area (Å²) in [6.45, 7) is 1.72. The fourth-order valence-corrected chi connectivity index (χ4v) is 4.54. The molecule has 1 N–H and O–H groups in total. The van der Waals surface area contributed by atoms with E-state index in [-0.39, 0.29) is 41.7 Å². The molecule has 1 aromatic heterocycles. The van der Waals surface area contributed by atoms with Crippen molar-refractivity contribution in [1.82, 2.24) is 9.88 Å². The van der Waals surface area contributed by atoms with Crippen molar-refractivity contribution >= 4 is 51.2 Å². The van der Waals surface area contributed by atoms with Gasteiger partial charge in [0, 0.05) is 16.3 Å². The average Bonchev–Trinajstić information content (AvgIpc) is 3.31. The molecule has 4 aromatic rings. The number of para-hydroxylation sites is 1. The minimum atomic E-state index is -0.751. The number of hydrogen-bond acceptors (Lipinski definition) is 5. The Morgan fingerprint density at radius 3 is 2.45 bits per heavy atom. The lowest BCUT2D eigenvalue weighted by Crippen LogP contribution is -2.32. The number of aromatic amines is 1. The van der Waals surface area contributed by atoms with Crippen molar-refractivity contribution in [1.29, 1.82) is 0 Å². The number of nitrogens with one attached hydrogen (secondary N) is 1. The third-order valence-corrected chi connectivity index (χ3v) is 6.00. The molecule has 0 radical (unpaired) electrons. The van der Waals surface area contributed by atoms with Crippen molar-refractivity contribution in [3.8, 4) is 0 Å². The summed E-state index contributed by atoms with van der Waals surface area (Å²) in [6.07, 6.45) is 0. The van der Waals surface area contributed by atoms with Crippen LogP contribution >= 0.6 is 11.6 Å². The van der Waals surface area contributed by atoms with Gasteiger partial charge in [-0.3, -0.25) is 9.59 Å². The van der Waals surface area contributed by atoms with Crippen LogP contribution in [0, 0.1) is 0 Å². The van der Waals surface area contributed by atoms with E-state index in [1.807, 2.05) is 54.6 Å². The molecule has 0 fully saturated rings. The summed E-state index contributed by atoms with van der Waals surface area (Å²) in [6, 6.07) is 16.8. The number of benzene rings is 3. The van der Waals surface area contributed by atoms with Gasteiger partial charge in [-0.1, -0.05) is 60.1 Å². The second kappa shape index (κ2) is 8.35. The molecule has 1 aliphatic rings. The summed E-state index contributed by atoms with van der Waals surface area (Å²) < 4.78 is 10.8. The van der Waals surface area contributed by atoms with E-state index in [2.05, 4.69) is 4.98 Å². The molecule has 0 saturated heterocycles. The van der Waals surface area contributed by atoms with Crippen molar-refractivity contribution in [3.63, 3.8) is 0 Å². The number of ether oxygens (including phenoxy) is 2. The first-order valence-corrected chi connectivity index (χ1v) is 10.8. The van der Waals surface area contributed by atoms with E-state index < -0.39 is 17.8 Å². The summed E-state index contributed by atoms with van der Waals surface area (Å²) in [5, 5.41) is 1.32. The van der Waals surface area contributed by atoms with Crippen LogP contribution in [0.2, 0.25) is 5.02 Å². The van der Waals surface area contributed by atoms with Crippen LogP contribution in [0.1, 0.15) is 43.6 Å². The summed E-state index contributed by atoms with van der Waals surface area (Å²) in [4.78, 5) is 43.8. The molecule has 2 heterocycles. The molecule has 0 aliphatic carbocycles. The van der Waals surface area contributed by atoms with Crippen LogP contribution < -0.4 is 0 Å². The number of rotatable bonds is 6. The highest BCUT2D eigenvalue weighted by Gasteiger charge is 2.43. The van der Waals surface area contributed by atoms with Crippen molar-refractivity contribution in [2.24, 2.45) is 0 Å². The minimum Gasteiger partial charge on any atom is -0.462 e. The molecule has 33 heavy (non-hydrogen) atoms. The fourth-order valence-electron chi connectivity index (χ4n) is 4.17. The smallest absolute Gasteiger partial charge is 0.340 e. The zero-order chi connectivity index (χ0) is 23.1. The first-order valence-electron chi connectivity index (χ1n) is 10.4. The normalized spacial score (nSPS) is 13.2. The van der Waals surface area contributed by atoms with Crippen LogP contribution in [0.25, 0.3) is 21.8 Å². The zero-order valence-corrected chi connectivity index (χ0v) is 18.4. The van der Waals surface area contributed by atoms with Gasteiger partial charge in [0.2, 0.25) is 0 Å². The molecule has 7 nitrogen and oxygen atoms in total. The number of carbonyl (C=O) groups excluding carboxylic acids is 3. The van der Waals surface area contributed by atoms with Gasteiger partial charge in [-0.05, 0) is 18.6 Å². The summed E-state index contributed by atoms with van der Waals surface area (Å²) in [7, 11) is 0. The number of nitrogens with zero attached hydrogens (tertiary/aromatic N) is 1. The molecule has 8 heteroatoms. The van der Waals surface area contributed by atoms with E-state index in [1.165, 1.54) is 0 Å². The first kappa shape index (κ1) is 21.2. The summed E-state index contributed by atoms with van der Waals surface area (Å²) >= 11 is 6.69. The number of imide groups is 1. The molecule has 166 valence electrons. The lowest BCUT2D eigenvalue weighted by Gasteiger charge is -2.14. The number of aromatic nitrogens is 1. The number of halogens is 1. The Labute approximate surface area is 193 Å². The topological polar surface area (TPSA) is 88.7 Å². The predicted octanol–water partition coefficient (Wildman–Crippen LogP) is 4.92. The molecule has 2 amide bonds. The molecule has 3 aromatic carbocycles. The maximum Gasteiger partial charge on any atom is 0.340 e. The lowest BCUT2D eigenvalue weighted by molar-refractivity contribution is 0.0203. The van der Waals surface area contributed by atoms with Crippen LogP contribution in [-0.4, -0.2) is 41.0 Å². The van der Waals surface area contributed by atoms with E-state index in [0.29, 0.717) is 10.9 Å². The van der Waals surface area contributed by atoms with E-state index in [4.69, 9.17) is 21.1 Å². The second-order valence-corrected chi connectivity index (χ2v) is 7.96. The van der Waals surface area contributed by atoms with Gasteiger partial charge in [-0.15, -0.1) is 0 Å². The van der Waals surface area contributed by atoms with Crippen LogP contribution in [0.15, 0.2) is 54.6 Å². The summed E-state index contributed by atoms with van der Waals surface area (Å²) in [5.74, 6) is -1.95. The van der Waals surface area contributed by atoms with Gasteiger partial charge in [0.1, 0.15) is 6.73 Å². The highest BCUT2D eigenvalue weighted by atomic mass is 35.5. The number of carbonyl (C=O) groups is 3.